The molecule has 2 aliphatic rings. The van der Waals surface area contributed by atoms with E-state index in [0.29, 0.717) is 31.9 Å². The number of hydrogen-bond donors (Lipinski definition) is 1. The van der Waals surface area contributed by atoms with Crippen LogP contribution >= 0.6 is 0 Å². The van der Waals surface area contributed by atoms with Gasteiger partial charge in [-0.25, -0.2) is 8.42 Å². The van der Waals surface area contributed by atoms with Gasteiger partial charge >= 0.3 is 0 Å². The third-order valence-electron chi connectivity index (χ3n) is 6.13. The highest BCUT2D eigenvalue weighted by Gasteiger charge is 2.34. The molecular weight excluding hydrogens is 426 g/mol. The molecule has 0 saturated carbocycles. The van der Waals surface area contributed by atoms with E-state index in [0.717, 1.165) is 30.4 Å². The Balaban J connectivity index is 1.40. The number of anilines is 1. The standard InChI is InChI=1S/C24H29N3O4S/c1-18-8-10-19(11-9-18)16-26-17-20(14-23(26)28)24(29)25-21-6-5-7-22(15-21)32(30,31)27-12-3-2-4-13-27/h5-11,15,20H,2-4,12-14,16-17H2,1H3,(H,25,29)/t20-/m1/s1. The number of benzene rings is 2. The van der Waals surface area contributed by atoms with E-state index in [1.807, 2.05) is 31.2 Å². The van der Waals surface area contributed by atoms with Crippen molar-refractivity contribution in [2.75, 3.05) is 25.0 Å². The molecule has 2 fully saturated rings. The second kappa shape index (κ2) is 9.42. The molecule has 2 saturated heterocycles. The molecule has 2 amide bonds. The molecule has 0 spiro atoms. The summed E-state index contributed by atoms with van der Waals surface area (Å²) in [6.45, 7) is 3.90. The first-order chi connectivity index (χ1) is 15.3. The number of carbonyl (C=O) groups is 2. The lowest BCUT2D eigenvalue weighted by atomic mass is 10.1. The summed E-state index contributed by atoms with van der Waals surface area (Å²) in [6, 6.07) is 14.4. The largest absolute Gasteiger partial charge is 0.338 e. The lowest BCUT2D eigenvalue weighted by molar-refractivity contribution is -0.128. The van der Waals surface area contributed by atoms with Crippen molar-refractivity contribution in [1.82, 2.24) is 9.21 Å². The Labute approximate surface area is 189 Å². The fourth-order valence-electron chi connectivity index (χ4n) is 4.25. The van der Waals surface area contributed by atoms with Crippen LogP contribution in [0.25, 0.3) is 0 Å². The summed E-state index contributed by atoms with van der Waals surface area (Å²) in [4.78, 5) is 27.1. The van der Waals surface area contributed by atoms with Crippen molar-refractivity contribution >= 4 is 27.5 Å². The molecule has 0 radical (unpaired) electrons. The normalized spacial score (nSPS) is 19.8. The van der Waals surface area contributed by atoms with E-state index in [-0.39, 0.29) is 23.1 Å². The highest BCUT2D eigenvalue weighted by molar-refractivity contribution is 7.89. The van der Waals surface area contributed by atoms with Crippen LogP contribution in [0.15, 0.2) is 53.4 Å². The molecule has 0 unspecified atom stereocenters. The Kier molecular flexibility index (Phi) is 6.62. The summed E-state index contributed by atoms with van der Waals surface area (Å²) in [5.74, 6) is -0.778. The number of carbonyl (C=O) groups excluding carboxylic acids is 2. The zero-order chi connectivity index (χ0) is 22.7. The lowest BCUT2D eigenvalue weighted by Gasteiger charge is -2.26. The minimum absolute atomic E-state index is 0.0489. The van der Waals surface area contributed by atoms with E-state index in [1.54, 1.807) is 23.1 Å². The minimum atomic E-state index is -3.57. The molecule has 2 aliphatic heterocycles. The Bertz CT molecular complexity index is 1090. The molecule has 32 heavy (non-hydrogen) atoms. The maximum atomic E-state index is 12.9. The summed E-state index contributed by atoms with van der Waals surface area (Å²) >= 11 is 0. The topological polar surface area (TPSA) is 86.8 Å². The first-order valence-corrected chi connectivity index (χ1v) is 12.5. The Hall–Kier alpha value is -2.71. The highest BCUT2D eigenvalue weighted by atomic mass is 32.2. The molecule has 0 bridgehead atoms. The molecule has 1 N–H and O–H groups in total. The van der Waals surface area contributed by atoms with Gasteiger partial charge in [0.05, 0.1) is 10.8 Å². The van der Waals surface area contributed by atoms with Gasteiger partial charge in [0.15, 0.2) is 0 Å². The van der Waals surface area contributed by atoms with E-state index >= 15 is 0 Å². The number of nitrogens with one attached hydrogen (secondary N) is 1. The van der Waals surface area contributed by atoms with Gasteiger partial charge in [0, 0.05) is 38.3 Å². The van der Waals surface area contributed by atoms with Gasteiger partial charge in [0.25, 0.3) is 0 Å². The molecule has 7 nitrogen and oxygen atoms in total. The van der Waals surface area contributed by atoms with Gasteiger partial charge in [-0.1, -0.05) is 42.3 Å². The van der Waals surface area contributed by atoms with E-state index in [4.69, 9.17) is 0 Å². The van der Waals surface area contributed by atoms with Crippen LogP contribution in [-0.4, -0.2) is 49.1 Å². The fourth-order valence-corrected chi connectivity index (χ4v) is 5.81. The minimum Gasteiger partial charge on any atom is -0.338 e. The van der Waals surface area contributed by atoms with Gasteiger partial charge in [-0.15, -0.1) is 0 Å². The van der Waals surface area contributed by atoms with Gasteiger partial charge in [0.1, 0.15) is 0 Å². The zero-order valence-electron chi connectivity index (χ0n) is 18.3. The van der Waals surface area contributed by atoms with Crippen molar-refractivity contribution in [2.24, 2.45) is 5.92 Å². The third kappa shape index (κ3) is 5.02. The van der Waals surface area contributed by atoms with E-state index in [1.165, 1.54) is 10.4 Å². The number of rotatable bonds is 6. The van der Waals surface area contributed by atoms with Crippen molar-refractivity contribution < 1.29 is 18.0 Å². The van der Waals surface area contributed by atoms with Crippen LogP contribution < -0.4 is 5.32 Å². The van der Waals surface area contributed by atoms with Crippen molar-refractivity contribution in [3.63, 3.8) is 0 Å². The van der Waals surface area contributed by atoms with Gasteiger partial charge in [-0.3, -0.25) is 9.59 Å². The molecule has 170 valence electrons. The quantitative estimate of drug-likeness (QED) is 0.725. The molecule has 4 rings (SSSR count). The Morgan fingerprint density at radius 1 is 1.06 bits per heavy atom. The summed E-state index contributed by atoms with van der Waals surface area (Å²) < 4.78 is 27.4. The highest BCUT2D eigenvalue weighted by Crippen LogP contribution is 2.25. The predicted octanol–water partition coefficient (Wildman–Crippen LogP) is 3.16. The summed E-state index contributed by atoms with van der Waals surface area (Å²) in [5, 5.41) is 2.81. The van der Waals surface area contributed by atoms with Crippen LogP contribution in [0.4, 0.5) is 5.69 Å². The number of amides is 2. The SMILES string of the molecule is Cc1ccc(CN2C[C@H](C(=O)Nc3cccc(S(=O)(=O)N4CCCCC4)c3)CC2=O)cc1. The van der Waals surface area contributed by atoms with Crippen molar-refractivity contribution in [2.45, 2.75) is 44.0 Å². The number of hydrogen-bond acceptors (Lipinski definition) is 4. The molecular formula is C24H29N3O4S. The van der Waals surface area contributed by atoms with E-state index < -0.39 is 15.9 Å². The average Bonchev–Trinajstić information content (AvgIpc) is 3.16. The number of piperidine rings is 1. The molecule has 2 heterocycles. The molecule has 1 atom stereocenters. The lowest BCUT2D eigenvalue weighted by Crippen LogP contribution is -2.35. The monoisotopic (exact) mass is 455 g/mol. The van der Waals surface area contributed by atoms with Crippen LogP contribution in [0.5, 0.6) is 0 Å². The Morgan fingerprint density at radius 2 is 1.78 bits per heavy atom. The van der Waals surface area contributed by atoms with Crippen molar-refractivity contribution in [3.8, 4) is 0 Å². The van der Waals surface area contributed by atoms with Gasteiger partial charge < -0.3 is 10.2 Å². The fraction of sp³-hybridized carbons (Fsp3) is 0.417. The van der Waals surface area contributed by atoms with Gasteiger partial charge in [-0.2, -0.15) is 4.31 Å². The summed E-state index contributed by atoms with van der Waals surface area (Å²) in [7, 11) is -3.57. The van der Waals surface area contributed by atoms with Crippen molar-refractivity contribution in [1.29, 1.82) is 0 Å². The molecule has 0 aromatic heterocycles. The zero-order valence-corrected chi connectivity index (χ0v) is 19.1. The van der Waals surface area contributed by atoms with Crippen LogP contribution in [-0.2, 0) is 26.2 Å². The summed E-state index contributed by atoms with van der Waals surface area (Å²) in [5.41, 5.74) is 2.61. The maximum Gasteiger partial charge on any atom is 0.243 e. The molecule has 2 aromatic rings. The smallest absolute Gasteiger partial charge is 0.243 e. The van der Waals surface area contributed by atoms with Crippen molar-refractivity contribution in [3.05, 3.63) is 59.7 Å². The third-order valence-corrected chi connectivity index (χ3v) is 8.03. The Morgan fingerprint density at radius 3 is 2.50 bits per heavy atom. The number of nitrogens with zero attached hydrogens (tertiary/aromatic N) is 2. The summed E-state index contributed by atoms with van der Waals surface area (Å²) in [6.07, 6.45) is 2.93. The number of likely N-dealkylation sites (tertiary alicyclic amines) is 1. The van der Waals surface area contributed by atoms with Crippen LogP contribution in [0.3, 0.4) is 0 Å². The van der Waals surface area contributed by atoms with Crippen LogP contribution in [0, 0.1) is 12.8 Å². The number of sulfonamides is 1. The first-order valence-electron chi connectivity index (χ1n) is 11.1. The first kappa shape index (κ1) is 22.5. The van der Waals surface area contributed by atoms with E-state index in [9.17, 15) is 18.0 Å². The molecule has 8 heteroatoms. The van der Waals surface area contributed by atoms with Gasteiger partial charge in [-0.05, 0) is 43.5 Å². The average molecular weight is 456 g/mol. The maximum absolute atomic E-state index is 12.9. The second-order valence-electron chi connectivity index (χ2n) is 8.64. The molecule has 0 aliphatic carbocycles. The molecule has 2 aromatic carbocycles. The second-order valence-corrected chi connectivity index (χ2v) is 10.6. The van der Waals surface area contributed by atoms with E-state index in [2.05, 4.69) is 5.32 Å². The van der Waals surface area contributed by atoms with Gasteiger partial charge in [0.2, 0.25) is 21.8 Å². The van der Waals surface area contributed by atoms with Crippen LogP contribution in [0.1, 0.15) is 36.8 Å². The number of aryl methyl sites for hydroxylation is 1. The predicted molar refractivity (Wildman–Crippen MR) is 122 cm³/mol. The van der Waals surface area contributed by atoms with Crippen LogP contribution in [0.2, 0.25) is 0 Å².